The number of nitrogens with one attached hydrogen (secondary N) is 1. The summed E-state index contributed by atoms with van der Waals surface area (Å²) in [5, 5.41) is 2.98. The fourth-order valence-corrected chi connectivity index (χ4v) is 7.29. The summed E-state index contributed by atoms with van der Waals surface area (Å²) in [6, 6.07) is 6.88. The zero-order valence-corrected chi connectivity index (χ0v) is 25.4. The molecule has 10 nitrogen and oxygen atoms in total. The lowest BCUT2D eigenvalue weighted by atomic mass is 10.1. The van der Waals surface area contributed by atoms with Gasteiger partial charge in [-0.05, 0) is 42.7 Å². The first kappa shape index (κ1) is 29.1. The van der Waals surface area contributed by atoms with E-state index in [0.717, 1.165) is 0 Å². The molecule has 3 aliphatic rings. The summed E-state index contributed by atoms with van der Waals surface area (Å²) in [6.07, 6.45) is 3.68. The lowest BCUT2D eigenvalue weighted by Gasteiger charge is -2.35. The lowest BCUT2D eigenvalue weighted by molar-refractivity contribution is -0.127. The van der Waals surface area contributed by atoms with E-state index in [4.69, 9.17) is 0 Å². The Balaban J connectivity index is 1.54. The number of halogens is 2. The monoisotopic (exact) mass is 629 g/mol. The van der Waals surface area contributed by atoms with E-state index in [1.165, 1.54) is 46.7 Å². The Hall–Kier alpha value is -4.65. The summed E-state index contributed by atoms with van der Waals surface area (Å²) in [5.74, 6) is -1.68. The van der Waals surface area contributed by atoms with Gasteiger partial charge in [0.25, 0.3) is 0 Å². The largest absolute Gasteiger partial charge is 0.355 e. The quantitative estimate of drug-likeness (QED) is 0.326. The van der Waals surface area contributed by atoms with Crippen molar-refractivity contribution in [1.82, 2.24) is 24.4 Å². The van der Waals surface area contributed by atoms with Gasteiger partial charge in [-0.3, -0.25) is 14.6 Å². The van der Waals surface area contributed by atoms with E-state index in [1.54, 1.807) is 17.2 Å². The number of thioether (sulfide) groups is 1. The summed E-state index contributed by atoms with van der Waals surface area (Å²) in [6.45, 7) is 8.23. The normalized spacial score (nSPS) is 19.2. The number of piperazine rings is 1. The van der Waals surface area contributed by atoms with Gasteiger partial charge in [-0.1, -0.05) is 26.5 Å². The SMILES string of the molecule is C=CC(=O)N1CCN(c2nc(=O)n3c4nc(c(F)cc24)-c2c(F)cccc2NC(=O)CCSc2ccnc(C(C)C)c2-3)[C@H]2C[C@H]21. The maximum absolute atomic E-state index is 16.2. The highest BCUT2D eigenvalue weighted by molar-refractivity contribution is 7.99. The van der Waals surface area contributed by atoms with Gasteiger partial charge in [-0.15, -0.1) is 11.8 Å². The second-order valence-corrected chi connectivity index (χ2v) is 12.7. The third-order valence-electron chi connectivity index (χ3n) is 8.43. The average Bonchev–Trinajstić information content (AvgIpc) is 3.81. The fraction of sp³-hybridized carbons (Fsp3) is 0.312. The van der Waals surface area contributed by atoms with Crippen LogP contribution in [0.15, 0.2) is 58.9 Å². The van der Waals surface area contributed by atoms with Gasteiger partial charge >= 0.3 is 5.69 Å². The number of amides is 2. The molecule has 3 aromatic heterocycles. The fourth-order valence-electron chi connectivity index (χ4n) is 6.29. The van der Waals surface area contributed by atoms with Crippen LogP contribution in [-0.2, 0) is 9.59 Å². The molecule has 1 saturated heterocycles. The minimum Gasteiger partial charge on any atom is -0.349 e. The van der Waals surface area contributed by atoms with Crippen LogP contribution >= 0.6 is 11.8 Å². The van der Waals surface area contributed by atoms with Crippen molar-refractivity contribution in [2.24, 2.45) is 0 Å². The van der Waals surface area contributed by atoms with Crippen LogP contribution < -0.4 is 15.9 Å². The summed E-state index contributed by atoms with van der Waals surface area (Å²) < 4.78 is 33.1. The van der Waals surface area contributed by atoms with Crippen molar-refractivity contribution < 1.29 is 18.4 Å². The summed E-state index contributed by atoms with van der Waals surface area (Å²) in [4.78, 5) is 57.7. The van der Waals surface area contributed by atoms with Crippen LogP contribution in [-0.4, -0.2) is 67.2 Å². The van der Waals surface area contributed by atoms with Crippen molar-refractivity contribution in [1.29, 1.82) is 0 Å². The molecule has 1 aromatic carbocycles. The molecular weight excluding hydrogens is 600 g/mol. The van der Waals surface area contributed by atoms with Gasteiger partial charge in [0.1, 0.15) is 17.3 Å². The van der Waals surface area contributed by atoms with Crippen molar-refractivity contribution in [2.75, 3.05) is 29.1 Å². The molecule has 230 valence electrons. The molecule has 2 fully saturated rings. The number of rotatable bonds is 3. The van der Waals surface area contributed by atoms with Crippen LogP contribution in [0, 0.1) is 11.6 Å². The maximum Gasteiger partial charge on any atom is 0.355 e. The minimum absolute atomic E-state index is 0.0732. The van der Waals surface area contributed by atoms with Crippen molar-refractivity contribution in [3.05, 3.63) is 77.0 Å². The van der Waals surface area contributed by atoms with E-state index >= 15 is 8.78 Å². The number of benzene rings is 1. The van der Waals surface area contributed by atoms with Crippen LogP contribution in [0.1, 0.15) is 38.3 Å². The molecule has 0 spiro atoms. The van der Waals surface area contributed by atoms with Gasteiger partial charge in [-0.2, -0.15) is 4.98 Å². The zero-order chi connectivity index (χ0) is 31.6. The molecule has 1 aliphatic carbocycles. The van der Waals surface area contributed by atoms with E-state index in [-0.39, 0.29) is 70.0 Å². The van der Waals surface area contributed by atoms with Gasteiger partial charge in [0.05, 0.1) is 40.1 Å². The second-order valence-electron chi connectivity index (χ2n) is 11.5. The Labute approximate surface area is 261 Å². The van der Waals surface area contributed by atoms with Crippen LogP contribution in [0.4, 0.5) is 20.3 Å². The average molecular weight is 630 g/mol. The Kier molecular flexibility index (Phi) is 7.15. The molecule has 0 radical (unpaired) electrons. The van der Waals surface area contributed by atoms with Crippen LogP contribution in [0.2, 0.25) is 0 Å². The van der Waals surface area contributed by atoms with Gasteiger partial charge in [-0.25, -0.2) is 23.1 Å². The van der Waals surface area contributed by atoms with Crippen LogP contribution in [0.3, 0.4) is 0 Å². The zero-order valence-electron chi connectivity index (χ0n) is 24.6. The van der Waals surface area contributed by atoms with E-state index in [9.17, 15) is 14.4 Å². The third-order valence-corrected chi connectivity index (χ3v) is 9.48. The Morgan fingerprint density at radius 2 is 1.96 bits per heavy atom. The molecule has 4 aromatic rings. The number of pyridine rings is 2. The molecule has 2 atom stereocenters. The molecule has 5 heterocycles. The molecule has 45 heavy (non-hydrogen) atoms. The molecule has 2 amide bonds. The number of aromatic nitrogens is 4. The lowest BCUT2D eigenvalue weighted by Crippen LogP contribution is -2.49. The van der Waals surface area contributed by atoms with Crippen molar-refractivity contribution in [2.45, 2.75) is 49.6 Å². The highest BCUT2D eigenvalue weighted by Crippen LogP contribution is 2.43. The summed E-state index contributed by atoms with van der Waals surface area (Å²) >= 11 is 1.37. The molecule has 13 heteroatoms. The standard InChI is InChI=1S/C32H29F2N7O3S/c1-4-25(43)39-11-12-40(22-15-21(22)39)30-17-14-19(34)28-26-18(33)6-5-7-20(26)36-24(42)9-13-45-23-8-10-35-27(16(2)3)29(23)41(31(17)37-28)32(44)38-30/h4-8,10,14,16,21-22H,1,9,11-13,15H2,2-3H3,(H,36,42)/t21-,22+/m1/s1. The predicted octanol–water partition coefficient (Wildman–Crippen LogP) is 4.65. The summed E-state index contributed by atoms with van der Waals surface area (Å²) in [5.41, 5.74) is -0.0343. The van der Waals surface area contributed by atoms with Crippen LogP contribution in [0.25, 0.3) is 28.0 Å². The van der Waals surface area contributed by atoms with Crippen molar-refractivity contribution in [3.63, 3.8) is 0 Å². The minimum atomic E-state index is -0.844. The van der Waals surface area contributed by atoms with Gasteiger partial charge in [0.2, 0.25) is 11.8 Å². The number of carbonyl (C=O) groups is 2. The number of fused-ring (bicyclic) bond motifs is 6. The molecular formula is C32H29F2N7O3S. The Morgan fingerprint density at radius 3 is 2.73 bits per heavy atom. The van der Waals surface area contributed by atoms with E-state index in [0.29, 0.717) is 41.5 Å². The maximum atomic E-state index is 16.2. The predicted molar refractivity (Wildman–Crippen MR) is 168 cm³/mol. The topological polar surface area (TPSA) is 113 Å². The highest BCUT2D eigenvalue weighted by atomic mass is 32.2. The molecule has 1 N–H and O–H groups in total. The Morgan fingerprint density at radius 1 is 1.13 bits per heavy atom. The van der Waals surface area contributed by atoms with E-state index < -0.39 is 17.3 Å². The first-order chi connectivity index (χ1) is 21.7. The Bertz CT molecular complexity index is 1980. The van der Waals surface area contributed by atoms with Crippen molar-refractivity contribution in [3.8, 4) is 16.9 Å². The van der Waals surface area contributed by atoms with E-state index in [2.05, 4.69) is 26.8 Å². The summed E-state index contributed by atoms with van der Waals surface area (Å²) in [7, 11) is 0. The van der Waals surface area contributed by atoms with E-state index in [1.807, 2.05) is 18.7 Å². The number of carbonyl (C=O) groups excluding carboxylic acids is 2. The second kappa shape index (κ2) is 11.1. The van der Waals surface area contributed by atoms with Gasteiger partial charge < -0.3 is 15.1 Å². The number of nitrogens with zero attached hydrogens (tertiary/aromatic N) is 6. The molecule has 7 rings (SSSR count). The van der Waals surface area contributed by atoms with Gasteiger partial charge in [0.15, 0.2) is 11.5 Å². The molecule has 0 unspecified atom stereocenters. The number of anilines is 2. The smallest absolute Gasteiger partial charge is 0.349 e. The number of hydrogen-bond donors (Lipinski definition) is 1. The van der Waals surface area contributed by atoms with Crippen LogP contribution in [0.5, 0.6) is 0 Å². The molecule has 2 aliphatic heterocycles. The van der Waals surface area contributed by atoms with Crippen molar-refractivity contribution >= 4 is 46.1 Å². The third kappa shape index (κ3) is 4.85. The first-order valence-corrected chi connectivity index (χ1v) is 15.7. The first-order valence-electron chi connectivity index (χ1n) is 14.7. The molecule has 1 saturated carbocycles. The van der Waals surface area contributed by atoms with Gasteiger partial charge in [0, 0.05) is 36.4 Å². The molecule has 2 bridgehead atoms. The highest BCUT2D eigenvalue weighted by Gasteiger charge is 2.51. The number of hydrogen-bond acceptors (Lipinski definition) is 8.